The number of aryl methyl sites for hydroxylation is 1. The third-order valence-electron chi connectivity index (χ3n) is 1.94. The molecular weight excluding hydrogens is 192 g/mol. The smallest absolute Gasteiger partial charge is 0.213 e. The molecule has 0 aliphatic rings. The second kappa shape index (κ2) is 4.13. The molecule has 2 aromatic heterocycles. The number of aromatic nitrogens is 2. The van der Waals surface area contributed by atoms with Crippen molar-refractivity contribution in [3.63, 3.8) is 0 Å². The first-order valence-electron chi connectivity index (χ1n) is 4.82. The molecule has 0 fully saturated rings. The lowest BCUT2D eigenvalue weighted by Gasteiger charge is -2.01. The van der Waals surface area contributed by atoms with Crippen LogP contribution in [0.5, 0.6) is 5.88 Å². The van der Waals surface area contributed by atoms with Gasteiger partial charge in [0.05, 0.1) is 12.3 Å². The van der Waals surface area contributed by atoms with E-state index in [1.807, 2.05) is 32.0 Å². The summed E-state index contributed by atoms with van der Waals surface area (Å²) < 4.78 is 10.4. The van der Waals surface area contributed by atoms with Crippen LogP contribution < -0.4 is 4.74 Å². The van der Waals surface area contributed by atoms with Crippen LogP contribution in [0.25, 0.3) is 11.3 Å². The first-order chi connectivity index (χ1) is 7.29. The fourth-order valence-corrected chi connectivity index (χ4v) is 1.26. The summed E-state index contributed by atoms with van der Waals surface area (Å²) in [6.45, 7) is 4.43. The molecular formula is C11H12N2O2. The first-order valence-corrected chi connectivity index (χ1v) is 4.82. The largest absolute Gasteiger partial charge is 0.478 e. The van der Waals surface area contributed by atoms with Crippen LogP contribution in [0.3, 0.4) is 0 Å². The summed E-state index contributed by atoms with van der Waals surface area (Å²) in [4.78, 5) is 4.14. The Bertz CT molecular complexity index is 434. The molecule has 4 heteroatoms. The van der Waals surface area contributed by atoms with Gasteiger partial charge >= 0.3 is 0 Å². The van der Waals surface area contributed by atoms with Gasteiger partial charge in [0.15, 0.2) is 5.76 Å². The van der Waals surface area contributed by atoms with Gasteiger partial charge in [-0.25, -0.2) is 4.98 Å². The number of pyridine rings is 1. The number of ether oxygens (including phenoxy) is 1. The topological polar surface area (TPSA) is 48.2 Å². The molecule has 0 N–H and O–H groups in total. The van der Waals surface area contributed by atoms with Crippen LogP contribution >= 0.6 is 0 Å². The van der Waals surface area contributed by atoms with Crippen molar-refractivity contribution in [1.82, 2.24) is 10.1 Å². The highest BCUT2D eigenvalue weighted by Crippen LogP contribution is 2.20. The van der Waals surface area contributed by atoms with Gasteiger partial charge in [0, 0.05) is 23.9 Å². The standard InChI is InChI=1S/C11H12N2O2/c1-3-14-11-5-4-9(7-12-11)10-6-8(2)13-15-10/h4-7H,3H2,1-2H3. The maximum atomic E-state index is 5.24. The number of hydrogen-bond donors (Lipinski definition) is 0. The second-order valence-electron chi connectivity index (χ2n) is 3.15. The molecule has 15 heavy (non-hydrogen) atoms. The van der Waals surface area contributed by atoms with Gasteiger partial charge in [-0.3, -0.25) is 0 Å². The van der Waals surface area contributed by atoms with Crippen LogP contribution in [0.1, 0.15) is 12.6 Å². The molecule has 2 heterocycles. The monoisotopic (exact) mass is 204 g/mol. The van der Waals surface area contributed by atoms with Crippen LogP contribution in [0, 0.1) is 6.92 Å². The van der Waals surface area contributed by atoms with E-state index in [4.69, 9.17) is 9.26 Å². The molecule has 0 amide bonds. The highest BCUT2D eigenvalue weighted by molar-refractivity contribution is 5.56. The summed E-state index contributed by atoms with van der Waals surface area (Å²) in [5, 5.41) is 3.82. The Morgan fingerprint density at radius 3 is 2.80 bits per heavy atom. The van der Waals surface area contributed by atoms with Gasteiger partial charge in [-0.2, -0.15) is 0 Å². The predicted octanol–water partition coefficient (Wildman–Crippen LogP) is 2.44. The predicted molar refractivity (Wildman–Crippen MR) is 55.6 cm³/mol. The lowest BCUT2D eigenvalue weighted by Crippen LogP contribution is -1.93. The molecule has 0 unspecified atom stereocenters. The van der Waals surface area contributed by atoms with Crippen molar-refractivity contribution in [3.8, 4) is 17.2 Å². The van der Waals surface area contributed by atoms with E-state index in [0.717, 1.165) is 17.0 Å². The first kappa shape index (κ1) is 9.71. The average molecular weight is 204 g/mol. The molecule has 0 radical (unpaired) electrons. The Morgan fingerprint density at radius 1 is 1.40 bits per heavy atom. The summed E-state index contributed by atoms with van der Waals surface area (Å²) >= 11 is 0. The van der Waals surface area contributed by atoms with E-state index in [9.17, 15) is 0 Å². The Kier molecular flexibility index (Phi) is 2.67. The molecule has 2 rings (SSSR count). The van der Waals surface area contributed by atoms with Crippen LogP contribution in [0.2, 0.25) is 0 Å². The Morgan fingerprint density at radius 2 is 2.27 bits per heavy atom. The van der Waals surface area contributed by atoms with Gasteiger partial charge in [-0.05, 0) is 19.9 Å². The molecule has 0 bridgehead atoms. The van der Waals surface area contributed by atoms with E-state index in [2.05, 4.69) is 10.1 Å². The van der Waals surface area contributed by atoms with Crippen LogP contribution in [0.4, 0.5) is 0 Å². The number of rotatable bonds is 3. The van der Waals surface area contributed by atoms with Gasteiger partial charge in [-0.15, -0.1) is 0 Å². The van der Waals surface area contributed by atoms with Gasteiger partial charge in [0.1, 0.15) is 0 Å². The van der Waals surface area contributed by atoms with E-state index in [1.165, 1.54) is 0 Å². The molecule has 0 aliphatic heterocycles. The van der Waals surface area contributed by atoms with Crippen molar-refractivity contribution in [3.05, 3.63) is 30.1 Å². The molecule has 0 saturated heterocycles. The maximum absolute atomic E-state index is 5.24. The minimum atomic E-state index is 0.619. The van der Waals surface area contributed by atoms with E-state index in [-0.39, 0.29) is 0 Å². The Hall–Kier alpha value is -1.84. The number of hydrogen-bond acceptors (Lipinski definition) is 4. The quantitative estimate of drug-likeness (QED) is 0.770. The molecule has 0 aliphatic carbocycles. The van der Waals surface area contributed by atoms with Crippen molar-refractivity contribution < 1.29 is 9.26 Å². The van der Waals surface area contributed by atoms with E-state index >= 15 is 0 Å². The summed E-state index contributed by atoms with van der Waals surface area (Å²) in [6, 6.07) is 5.59. The Balaban J connectivity index is 2.23. The normalized spacial score (nSPS) is 10.3. The minimum absolute atomic E-state index is 0.619. The molecule has 4 nitrogen and oxygen atoms in total. The number of nitrogens with zero attached hydrogens (tertiary/aromatic N) is 2. The van der Waals surface area contributed by atoms with Crippen LogP contribution in [-0.4, -0.2) is 16.7 Å². The lowest BCUT2D eigenvalue weighted by molar-refractivity contribution is 0.327. The molecule has 0 atom stereocenters. The Labute approximate surface area is 87.9 Å². The maximum Gasteiger partial charge on any atom is 0.213 e. The van der Waals surface area contributed by atoms with Crippen molar-refractivity contribution in [1.29, 1.82) is 0 Å². The van der Waals surface area contributed by atoms with Gasteiger partial charge in [-0.1, -0.05) is 5.16 Å². The zero-order valence-corrected chi connectivity index (χ0v) is 8.73. The fourth-order valence-electron chi connectivity index (χ4n) is 1.26. The van der Waals surface area contributed by atoms with Crippen LogP contribution in [-0.2, 0) is 0 Å². The molecule has 78 valence electrons. The summed E-state index contributed by atoms with van der Waals surface area (Å²) in [5.74, 6) is 1.35. The zero-order chi connectivity index (χ0) is 10.7. The van der Waals surface area contributed by atoms with Gasteiger partial charge in [0.25, 0.3) is 0 Å². The van der Waals surface area contributed by atoms with Crippen molar-refractivity contribution >= 4 is 0 Å². The van der Waals surface area contributed by atoms with E-state index in [0.29, 0.717) is 12.5 Å². The van der Waals surface area contributed by atoms with Crippen LogP contribution in [0.15, 0.2) is 28.9 Å². The summed E-state index contributed by atoms with van der Waals surface area (Å²) in [6.07, 6.45) is 1.71. The minimum Gasteiger partial charge on any atom is -0.478 e. The lowest BCUT2D eigenvalue weighted by atomic mass is 10.2. The van der Waals surface area contributed by atoms with Crippen molar-refractivity contribution in [2.75, 3.05) is 6.61 Å². The average Bonchev–Trinajstić information content (AvgIpc) is 2.67. The zero-order valence-electron chi connectivity index (χ0n) is 8.73. The van der Waals surface area contributed by atoms with Crippen molar-refractivity contribution in [2.45, 2.75) is 13.8 Å². The summed E-state index contributed by atoms with van der Waals surface area (Å²) in [7, 11) is 0. The van der Waals surface area contributed by atoms with E-state index < -0.39 is 0 Å². The highest BCUT2D eigenvalue weighted by Gasteiger charge is 2.04. The van der Waals surface area contributed by atoms with E-state index in [1.54, 1.807) is 6.20 Å². The third kappa shape index (κ3) is 2.15. The second-order valence-corrected chi connectivity index (χ2v) is 3.15. The van der Waals surface area contributed by atoms with Crippen molar-refractivity contribution in [2.24, 2.45) is 0 Å². The SMILES string of the molecule is CCOc1ccc(-c2cc(C)no2)cn1. The molecule has 0 aromatic carbocycles. The molecule has 0 saturated carbocycles. The fraction of sp³-hybridized carbons (Fsp3) is 0.273. The molecule has 2 aromatic rings. The van der Waals surface area contributed by atoms with Gasteiger partial charge < -0.3 is 9.26 Å². The summed E-state index contributed by atoms with van der Waals surface area (Å²) in [5.41, 5.74) is 1.76. The highest BCUT2D eigenvalue weighted by atomic mass is 16.5. The third-order valence-corrected chi connectivity index (χ3v) is 1.94. The van der Waals surface area contributed by atoms with Gasteiger partial charge in [0.2, 0.25) is 5.88 Å². The molecule has 0 spiro atoms.